The van der Waals surface area contributed by atoms with Crippen LogP contribution >= 0.6 is 0 Å². The summed E-state index contributed by atoms with van der Waals surface area (Å²) in [7, 11) is 0. The lowest BCUT2D eigenvalue weighted by Gasteiger charge is -2.38. The Hall–Kier alpha value is -2.86. The molecule has 4 aliphatic rings. The van der Waals surface area contributed by atoms with Gasteiger partial charge in [0.15, 0.2) is 0 Å². The van der Waals surface area contributed by atoms with Crippen molar-refractivity contribution in [2.75, 3.05) is 6.54 Å². The summed E-state index contributed by atoms with van der Waals surface area (Å²) in [4.78, 5) is 64.4. The fraction of sp³-hybridized carbons (Fsp3) is 0.792. The Kier molecular flexibility index (Phi) is 6.31. The molecule has 2 saturated heterocycles. The zero-order valence-corrected chi connectivity index (χ0v) is 21.4. The molecule has 13 heteroatoms. The van der Waals surface area contributed by atoms with Crippen molar-refractivity contribution in [1.29, 1.82) is 0 Å². The first-order chi connectivity index (χ1) is 16.9. The predicted octanol–water partition coefficient (Wildman–Crippen LogP) is 0.0573. The third-order valence-electron chi connectivity index (χ3n) is 8.58. The van der Waals surface area contributed by atoms with Crippen molar-refractivity contribution in [2.45, 2.75) is 77.8 Å². The summed E-state index contributed by atoms with van der Waals surface area (Å²) in [6.07, 6.45) is -4.35. The third-order valence-corrected chi connectivity index (χ3v) is 8.58. The van der Waals surface area contributed by atoms with Gasteiger partial charge in [0.2, 0.25) is 23.6 Å². The minimum absolute atomic E-state index is 0.0263. The Bertz CT molecular complexity index is 1040. The summed E-state index contributed by atoms with van der Waals surface area (Å²) in [5.41, 5.74) is 4.14. The lowest BCUT2D eigenvalue weighted by atomic mass is 9.85. The molecule has 4 fully saturated rings. The highest BCUT2D eigenvalue weighted by Gasteiger charge is 2.70. The van der Waals surface area contributed by atoms with Crippen molar-refractivity contribution in [1.82, 2.24) is 20.9 Å². The second kappa shape index (κ2) is 8.59. The van der Waals surface area contributed by atoms with Crippen LogP contribution in [0.4, 0.5) is 13.2 Å². The van der Waals surface area contributed by atoms with Crippen LogP contribution in [0.25, 0.3) is 0 Å². The van der Waals surface area contributed by atoms with Crippen molar-refractivity contribution in [3.63, 3.8) is 0 Å². The quantitative estimate of drug-likeness (QED) is 0.368. The number of halogens is 3. The minimum Gasteiger partial charge on any atom is -0.368 e. The number of primary amides is 1. The minimum atomic E-state index is -5.18. The van der Waals surface area contributed by atoms with E-state index in [0.717, 1.165) is 6.42 Å². The fourth-order valence-corrected chi connectivity index (χ4v) is 6.19. The topological polar surface area (TPSA) is 151 Å². The molecule has 0 aromatic rings. The van der Waals surface area contributed by atoms with Gasteiger partial charge in [-0.2, -0.15) is 13.2 Å². The van der Waals surface area contributed by atoms with Gasteiger partial charge in [-0.15, -0.1) is 0 Å². The maximum Gasteiger partial charge on any atom is 0.471 e. The highest BCUT2D eigenvalue weighted by Crippen LogP contribution is 2.65. The van der Waals surface area contributed by atoms with Crippen LogP contribution in [0.5, 0.6) is 0 Å². The number of amides is 5. The Balaban J connectivity index is 1.54. The van der Waals surface area contributed by atoms with Crippen molar-refractivity contribution in [3.05, 3.63) is 0 Å². The lowest BCUT2D eigenvalue weighted by Crippen LogP contribution is -2.61. The van der Waals surface area contributed by atoms with E-state index in [0.29, 0.717) is 0 Å². The molecule has 0 aromatic carbocycles. The standard InChI is InChI=1S/C24H34F3N5O5/c1-22(2,3)16(31-21(37)24(25,26)27)20(36)32-8-11-14(23(11,4)5)15(32)19(35)30-13(17(28)33)7-10-9-6-12(9)29-18(10)34/h9-16H,6-8H2,1-5H3,(H2,28,33)(H,29,34)(H,30,35)(H,31,37)/t9-,10-,11+,12-,13+,14+,15+,16-/m1/s1. The molecule has 0 spiro atoms. The smallest absolute Gasteiger partial charge is 0.368 e. The van der Waals surface area contributed by atoms with E-state index in [9.17, 15) is 37.1 Å². The largest absolute Gasteiger partial charge is 0.471 e. The van der Waals surface area contributed by atoms with E-state index in [4.69, 9.17) is 5.73 Å². The number of carbonyl (C=O) groups excluding carboxylic acids is 5. The maximum absolute atomic E-state index is 13.6. The summed E-state index contributed by atoms with van der Waals surface area (Å²) in [5.74, 6) is -5.46. The summed E-state index contributed by atoms with van der Waals surface area (Å²) in [5, 5.41) is 7.23. The Morgan fingerprint density at radius 2 is 1.78 bits per heavy atom. The molecule has 2 heterocycles. The van der Waals surface area contributed by atoms with Gasteiger partial charge in [-0.3, -0.25) is 24.0 Å². The van der Waals surface area contributed by atoms with Crippen molar-refractivity contribution >= 4 is 29.5 Å². The number of nitrogens with zero attached hydrogens (tertiary/aromatic N) is 1. The second-order valence-corrected chi connectivity index (χ2v) is 12.5. The number of likely N-dealkylation sites (tertiary alicyclic amines) is 1. The molecule has 8 atom stereocenters. The van der Waals surface area contributed by atoms with Crippen LogP contribution in [0, 0.1) is 34.5 Å². The normalized spacial score (nSPS) is 33.0. The molecule has 10 nitrogen and oxygen atoms in total. The van der Waals surface area contributed by atoms with Gasteiger partial charge >= 0.3 is 12.1 Å². The summed E-state index contributed by atoms with van der Waals surface area (Å²) in [6, 6.07) is -3.67. The van der Waals surface area contributed by atoms with Gasteiger partial charge in [0.25, 0.3) is 0 Å². The second-order valence-electron chi connectivity index (χ2n) is 12.5. The zero-order valence-electron chi connectivity index (χ0n) is 21.4. The number of hydrogen-bond acceptors (Lipinski definition) is 5. The molecule has 37 heavy (non-hydrogen) atoms. The monoisotopic (exact) mass is 529 g/mol. The van der Waals surface area contributed by atoms with Gasteiger partial charge < -0.3 is 26.6 Å². The molecular formula is C24H34F3N5O5. The van der Waals surface area contributed by atoms with Crippen molar-refractivity contribution in [3.8, 4) is 0 Å². The predicted molar refractivity (Wildman–Crippen MR) is 123 cm³/mol. The molecule has 4 rings (SSSR count). The van der Waals surface area contributed by atoms with E-state index < -0.39 is 59.3 Å². The highest BCUT2D eigenvalue weighted by atomic mass is 19.4. The first-order valence-corrected chi connectivity index (χ1v) is 12.4. The van der Waals surface area contributed by atoms with Crippen LogP contribution in [0.2, 0.25) is 0 Å². The first kappa shape index (κ1) is 27.2. The molecule has 0 aromatic heterocycles. The summed E-state index contributed by atoms with van der Waals surface area (Å²) < 4.78 is 39.0. The number of rotatable bonds is 7. The van der Waals surface area contributed by atoms with Gasteiger partial charge in [0, 0.05) is 18.5 Å². The van der Waals surface area contributed by atoms with Crippen LogP contribution in [-0.4, -0.2) is 71.3 Å². The van der Waals surface area contributed by atoms with Crippen LogP contribution in [0.3, 0.4) is 0 Å². The van der Waals surface area contributed by atoms with E-state index in [1.807, 2.05) is 13.8 Å². The van der Waals surface area contributed by atoms with Crippen molar-refractivity contribution < 1.29 is 37.1 Å². The van der Waals surface area contributed by atoms with E-state index in [-0.39, 0.29) is 48.1 Å². The van der Waals surface area contributed by atoms with Crippen LogP contribution in [0.1, 0.15) is 47.5 Å². The number of nitrogens with two attached hydrogens (primary N) is 1. The fourth-order valence-electron chi connectivity index (χ4n) is 6.19. The molecule has 2 aliphatic heterocycles. The number of piperidine rings is 2. The average molecular weight is 530 g/mol. The van der Waals surface area contributed by atoms with Gasteiger partial charge in [0.05, 0.1) is 0 Å². The molecule has 2 aliphatic carbocycles. The van der Waals surface area contributed by atoms with Crippen LogP contribution in [-0.2, 0) is 24.0 Å². The molecule has 2 saturated carbocycles. The maximum atomic E-state index is 13.6. The molecule has 206 valence electrons. The van der Waals surface area contributed by atoms with Crippen molar-refractivity contribution in [2.24, 2.45) is 40.2 Å². The molecule has 0 radical (unpaired) electrons. The number of hydrogen-bond donors (Lipinski definition) is 4. The molecular weight excluding hydrogens is 495 g/mol. The van der Waals surface area contributed by atoms with Gasteiger partial charge in [0.1, 0.15) is 18.1 Å². The zero-order chi connectivity index (χ0) is 27.8. The molecule has 0 bridgehead atoms. The Labute approximate surface area is 212 Å². The van der Waals surface area contributed by atoms with E-state index >= 15 is 0 Å². The molecule has 0 unspecified atom stereocenters. The molecule has 5 N–H and O–H groups in total. The third kappa shape index (κ3) is 4.88. The number of nitrogens with one attached hydrogen (secondary N) is 3. The number of alkyl halides is 3. The van der Waals surface area contributed by atoms with Crippen LogP contribution < -0.4 is 21.7 Å². The van der Waals surface area contributed by atoms with Gasteiger partial charge in [-0.25, -0.2) is 0 Å². The SMILES string of the molecule is CC(C)(C)[C@H](NC(=O)C(F)(F)F)C(=O)N1C[C@H]2[C@@H]([C@H]1C(=O)N[C@@H](C[C@H]1C(=O)N[C@@H]3C[C@@H]31)C(N)=O)C2(C)C. The van der Waals surface area contributed by atoms with Gasteiger partial charge in [-0.1, -0.05) is 34.6 Å². The number of fused-ring (bicyclic) bond motifs is 2. The first-order valence-electron chi connectivity index (χ1n) is 12.4. The summed E-state index contributed by atoms with van der Waals surface area (Å²) >= 11 is 0. The average Bonchev–Trinajstić information content (AvgIpc) is 3.47. The number of carbonyl (C=O) groups is 5. The van der Waals surface area contributed by atoms with E-state index in [1.165, 1.54) is 25.7 Å². The van der Waals surface area contributed by atoms with E-state index in [2.05, 4.69) is 10.6 Å². The molecule has 5 amide bonds. The Morgan fingerprint density at radius 1 is 1.16 bits per heavy atom. The van der Waals surface area contributed by atoms with Crippen LogP contribution in [0.15, 0.2) is 0 Å². The Morgan fingerprint density at radius 3 is 2.27 bits per heavy atom. The lowest BCUT2D eigenvalue weighted by molar-refractivity contribution is -0.176. The van der Waals surface area contributed by atoms with E-state index in [1.54, 1.807) is 5.32 Å². The summed E-state index contributed by atoms with van der Waals surface area (Å²) in [6.45, 7) is 8.53. The highest BCUT2D eigenvalue weighted by molar-refractivity contribution is 5.96. The van der Waals surface area contributed by atoms with Gasteiger partial charge in [-0.05, 0) is 41.4 Å².